The number of pyridine rings is 1. The van der Waals surface area contributed by atoms with Crippen molar-refractivity contribution in [3.8, 4) is 17.1 Å². The number of hydrogen-bond donors (Lipinski definition) is 2. The van der Waals surface area contributed by atoms with E-state index in [1.165, 1.54) is 36.0 Å². The largest absolute Gasteiger partial charge is 0.346 e. The van der Waals surface area contributed by atoms with Crippen LogP contribution in [0.25, 0.3) is 17.1 Å². The fourth-order valence-electron chi connectivity index (χ4n) is 2.97. The fourth-order valence-corrected chi connectivity index (χ4v) is 3.88. The molecule has 0 aliphatic heterocycles. The number of halogens is 2. The third-order valence-corrected chi connectivity index (χ3v) is 5.74. The van der Waals surface area contributed by atoms with Crippen molar-refractivity contribution < 1.29 is 14.0 Å². The van der Waals surface area contributed by atoms with Crippen molar-refractivity contribution in [3.05, 3.63) is 83.9 Å². The number of nitrogens with zero attached hydrogens (tertiary/aromatic N) is 4. The van der Waals surface area contributed by atoms with Crippen molar-refractivity contribution in [2.24, 2.45) is 0 Å². The van der Waals surface area contributed by atoms with E-state index >= 15 is 0 Å². The molecule has 0 aliphatic rings. The Morgan fingerprint density at radius 1 is 0.941 bits per heavy atom. The number of aromatic nitrogens is 4. The van der Waals surface area contributed by atoms with Crippen molar-refractivity contribution in [3.63, 3.8) is 0 Å². The third-order valence-electron chi connectivity index (χ3n) is 4.56. The number of thioether (sulfide) groups is 1. The predicted molar refractivity (Wildman–Crippen MR) is 128 cm³/mol. The monoisotopic (exact) mass is 496 g/mol. The molecule has 4 aromatic rings. The van der Waals surface area contributed by atoms with E-state index in [0.717, 1.165) is 11.3 Å². The molecule has 2 amide bonds. The van der Waals surface area contributed by atoms with Crippen LogP contribution in [0.5, 0.6) is 0 Å². The van der Waals surface area contributed by atoms with E-state index in [1.807, 2.05) is 28.8 Å². The fraction of sp³-hybridized carbons (Fsp3) is 0.0870. The van der Waals surface area contributed by atoms with Gasteiger partial charge in [-0.15, -0.1) is 10.2 Å². The van der Waals surface area contributed by atoms with E-state index in [0.29, 0.717) is 21.7 Å². The minimum atomic E-state index is -0.422. The van der Waals surface area contributed by atoms with Gasteiger partial charge < -0.3 is 10.6 Å². The molecule has 0 saturated carbocycles. The summed E-state index contributed by atoms with van der Waals surface area (Å²) in [7, 11) is 0. The number of benzene rings is 2. The van der Waals surface area contributed by atoms with E-state index in [9.17, 15) is 14.0 Å². The van der Waals surface area contributed by atoms with Crippen LogP contribution in [0.2, 0.25) is 5.02 Å². The third kappa shape index (κ3) is 5.97. The van der Waals surface area contributed by atoms with Crippen molar-refractivity contribution in [2.45, 2.75) is 5.16 Å². The molecule has 0 saturated heterocycles. The summed E-state index contributed by atoms with van der Waals surface area (Å²) in [6.07, 6.45) is 3.32. The summed E-state index contributed by atoms with van der Waals surface area (Å²) in [4.78, 5) is 28.4. The smallest absolute Gasteiger partial charge is 0.243 e. The standard InChI is InChI=1S/C23H18ClFN6O2S/c24-16-1-7-19(8-2-16)31-22(15-9-11-26-12-10-15)29-30-23(31)34-14-21(33)27-13-20(32)28-18-5-3-17(25)4-6-18/h1-12H,13-14H2,(H,27,33)(H,28,32). The van der Waals surface area contributed by atoms with Crippen LogP contribution in [0, 0.1) is 5.82 Å². The molecule has 2 heterocycles. The van der Waals surface area contributed by atoms with Gasteiger partial charge in [-0.2, -0.15) is 0 Å². The highest BCUT2D eigenvalue weighted by Gasteiger charge is 2.17. The summed E-state index contributed by atoms with van der Waals surface area (Å²) in [5.74, 6) is -0.566. The summed E-state index contributed by atoms with van der Waals surface area (Å²) in [6.45, 7) is -0.219. The van der Waals surface area contributed by atoms with Gasteiger partial charge >= 0.3 is 0 Å². The van der Waals surface area contributed by atoms with Crippen LogP contribution in [0.1, 0.15) is 0 Å². The Kier molecular flexibility index (Phi) is 7.51. The molecule has 0 spiro atoms. The highest BCUT2D eigenvalue weighted by atomic mass is 35.5. The lowest BCUT2D eigenvalue weighted by Crippen LogP contribution is -2.33. The van der Waals surface area contributed by atoms with E-state index in [4.69, 9.17) is 11.6 Å². The summed E-state index contributed by atoms with van der Waals surface area (Å²) in [5, 5.41) is 14.8. The summed E-state index contributed by atoms with van der Waals surface area (Å²) < 4.78 is 14.8. The van der Waals surface area contributed by atoms with Gasteiger partial charge in [-0.05, 0) is 60.7 Å². The first-order valence-corrected chi connectivity index (χ1v) is 11.4. The predicted octanol–water partition coefficient (Wildman–Crippen LogP) is 3.97. The van der Waals surface area contributed by atoms with Crippen LogP contribution in [0.15, 0.2) is 78.2 Å². The average Bonchev–Trinajstić information content (AvgIpc) is 3.28. The number of carbonyl (C=O) groups is 2. The second-order valence-corrected chi connectivity index (χ2v) is 8.35. The minimum absolute atomic E-state index is 0.0197. The Labute approximate surface area is 203 Å². The zero-order valence-electron chi connectivity index (χ0n) is 17.6. The van der Waals surface area contributed by atoms with Crippen molar-refractivity contribution in [1.82, 2.24) is 25.1 Å². The van der Waals surface area contributed by atoms with Crippen LogP contribution < -0.4 is 10.6 Å². The molecule has 172 valence electrons. The van der Waals surface area contributed by atoms with Crippen LogP contribution in [0.3, 0.4) is 0 Å². The van der Waals surface area contributed by atoms with Gasteiger partial charge in [0.15, 0.2) is 11.0 Å². The van der Waals surface area contributed by atoms with E-state index in [1.54, 1.807) is 24.5 Å². The highest BCUT2D eigenvalue weighted by molar-refractivity contribution is 7.99. The second kappa shape index (κ2) is 10.9. The Morgan fingerprint density at radius 2 is 1.65 bits per heavy atom. The Balaban J connectivity index is 1.41. The molecule has 0 unspecified atom stereocenters. The van der Waals surface area contributed by atoms with Gasteiger partial charge in [0.1, 0.15) is 5.82 Å². The molecule has 2 aromatic heterocycles. The molecule has 4 rings (SSSR count). The molecule has 0 bridgehead atoms. The minimum Gasteiger partial charge on any atom is -0.346 e. The van der Waals surface area contributed by atoms with Crippen molar-refractivity contribution in [1.29, 1.82) is 0 Å². The number of anilines is 1. The summed E-state index contributed by atoms with van der Waals surface area (Å²) >= 11 is 7.22. The number of nitrogens with one attached hydrogen (secondary N) is 2. The van der Waals surface area contributed by atoms with Crippen LogP contribution in [-0.2, 0) is 9.59 Å². The maximum atomic E-state index is 13.0. The summed E-state index contributed by atoms with van der Waals surface area (Å²) in [6, 6.07) is 16.2. The number of hydrogen-bond acceptors (Lipinski definition) is 6. The van der Waals surface area contributed by atoms with Gasteiger partial charge in [0, 0.05) is 34.4 Å². The molecular weight excluding hydrogens is 479 g/mol. The SMILES string of the molecule is O=C(CSc1nnc(-c2ccncc2)n1-c1ccc(Cl)cc1)NCC(=O)Nc1ccc(F)cc1. The van der Waals surface area contributed by atoms with Crippen LogP contribution in [-0.4, -0.2) is 43.9 Å². The topological polar surface area (TPSA) is 102 Å². The first-order chi connectivity index (χ1) is 16.5. The Bertz CT molecular complexity index is 1280. The lowest BCUT2D eigenvalue weighted by Gasteiger charge is -2.11. The van der Waals surface area contributed by atoms with Gasteiger partial charge in [0.25, 0.3) is 0 Å². The van der Waals surface area contributed by atoms with Gasteiger partial charge in [-0.1, -0.05) is 23.4 Å². The molecular formula is C23H18ClFN6O2S. The maximum absolute atomic E-state index is 13.0. The normalized spacial score (nSPS) is 10.6. The molecule has 0 radical (unpaired) electrons. The molecule has 0 atom stereocenters. The first kappa shape index (κ1) is 23.4. The second-order valence-electron chi connectivity index (χ2n) is 6.97. The Hall–Kier alpha value is -3.76. The average molecular weight is 497 g/mol. The van der Waals surface area contributed by atoms with Gasteiger partial charge in [0.05, 0.1) is 12.3 Å². The van der Waals surface area contributed by atoms with Crippen LogP contribution in [0.4, 0.5) is 10.1 Å². The lowest BCUT2D eigenvalue weighted by molar-refractivity contribution is -0.122. The van der Waals surface area contributed by atoms with Gasteiger partial charge in [-0.3, -0.25) is 19.1 Å². The highest BCUT2D eigenvalue weighted by Crippen LogP contribution is 2.28. The zero-order valence-corrected chi connectivity index (χ0v) is 19.2. The molecule has 11 heteroatoms. The van der Waals surface area contributed by atoms with Crippen LogP contribution >= 0.6 is 23.4 Å². The maximum Gasteiger partial charge on any atom is 0.243 e. The van der Waals surface area contributed by atoms with E-state index in [2.05, 4.69) is 25.8 Å². The van der Waals surface area contributed by atoms with Gasteiger partial charge in [-0.25, -0.2) is 4.39 Å². The molecule has 2 aromatic carbocycles. The molecule has 0 fully saturated rings. The van der Waals surface area contributed by atoms with E-state index < -0.39 is 11.7 Å². The summed E-state index contributed by atoms with van der Waals surface area (Å²) in [5.41, 5.74) is 2.03. The molecule has 8 nitrogen and oxygen atoms in total. The van der Waals surface area contributed by atoms with E-state index in [-0.39, 0.29) is 18.2 Å². The molecule has 2 N–H and O–H groups in total. The quantitative estimate of drug-likeness (QED) is 0.358. The number of carbonyl (C=O) groups excluding carboxylic acids is 2. The number of rotatable bonds is 8. The molecule has 0 aliphatic carbocycles. The number of amides is 2. The molecule has 34 heavy (non-hydrogen) atoms. The lowest BCUT2D eigenvalue weighted by atomic mass is 10.2. The first-order valence-electron chi connectivity index (χ1n) is 10.1. The van der Waals surface area contributed by atoms with Crippen molar-refractivity contribution >= 4 is 40.9 Å². The zero-order chi connectivity index (χ0) is 23.9. The van der Waals surface area contributed by atoms with Crippen molar-refractivity contribution in [2.75, 3.05) is 17.6 Å². The Morgan fingerprint density at radius 3 is 2.35 bits per heavy atom. The van der Waals surface area contributed by atoms with Gasteiger partial charge in [0.2, 0.25) is 11.8 Å².